The van der Waals surface area contributed by atoms with Crippen molar-refractivity contribution in [2.24, 2.45) is 0 Å². The summed E-state index contributed by atoms with van der Waals surface area (Å²) in [4.78, 5) is 10.4. The van der Waals surface area contributed by atoms with Gasteiger partial charge in [0.2, 0.25) is 5.95 Å². The molecule has 0 fully saturated rings. The maximum Gasteiger partial charge on any atom is 0.226 e. The molecule has 1 aromatic carbocycles. The van der Waals surface area contributed by atoms with Gasteiger partial charge in [-0.25, -0.2) is 9.97 Å². The predicted molar refractivity (Wildman–Crippen MR) is 65.4 cm³/mol. The van der Waals surface area contributed by atoms with Crippen LogP contribution >= 0.6 is 11.6 Å². The summed E-state index contributed by atoms with van der Waals surface area (Å²) in [7, 11) is 5.37. The standard InChI is InChI=1S/C11H12ClN3O/c1-15(2)11-13-9-6-7(16-3)4-5-8(9)10(12)14-11/h4-6H,1-3H3. The van der Waals surface area contributed by atoms with Gasteiger partial charge in [0.1, 0.15) is 10.9 Å². The number of hydrogen-bond donors (Lipinski definition) is 0. The van der Waals surface area contributed by atoms with Crippen molar-refractivity contribution in [3.63, 3.8) is 0 Å². The van der Waals surface area contributed by atoms with Gasteiger partial charge in [0.15, 0.2) is 0 Å². The summed E-state index contributed by atoms with van der Waals surface area (Å²) in [6.45, 7) is 0. The maximum atomic E-state index is 6.08. The lowest BCUT2D eigenvalue weighted by Gasteiger charge is -2.11. The van der Waals surface area contributed by atoms with Crippen LogP contribution in [0.4, 0.5) is 5.95 Å². The number of nitrogens with zero attached hydrogens (tertiary/aromatic N) is 3. The van der Waals surface area contributed by atoms with Gasteiger partial charge in [-0.1, -0.05) is 11.6 Å². The van der Waals surface area contributed by atoms with Crippen LogP contribution in [-0.2, 0) is 0 Å². The number of rotatable bonds is 2. The Morgan fingerprint density at radius 1 is 1.25 bits per heavy atom. The van der Waals surface area contributed by atoms with Gasteiger partial charge in [-0.15, -0.1) is 0 Å². The third kappa shape index (κ3) is 1.88. The summed E-state index contributed by atoms with van der Waals surface area (Å²) >= 11 is 6.08. The van der Waals surface area contributed by atoms with Crippen LogP contribution in [0.5, 0.6) is 5.75 Å². The van der Waals surface area contributed by atoms with Crippen LogP contribution in [0.2, 0.25) is 5.15 Å². The van der Waals surface area contributed by atoms with E-state index in [0.717, 1.165) is 16.7 Å². The second-order valence-corrected chi connectivity index (χ2v) is 3.95. The van der Waals surface area contributed by atoms with Crippen LogP contribution < -0.4 is 9.64 Å². The lowest BCUT2D eigenvalue weighted by molar-refractivity contribution is 0.415. The first-order valence-corrected chi connectivity index (χ1v) is 5.18. The molecule has 0 saturated carbocycles. The van der Waals surface area contributed by atoms with Gasteiger partial charge in [0.05, 0.1) is 12.6 Å². The van der Waals surface area contributed by atoms with E-state index in [1.54, 1.807) is 7.11 Å². The predicted octanol–water partition coefficient (Wildman–Crippen LogP) is 2.36. The van der Waals surface area contributed by atoms with Crippen molar-refractivity contribution in [2.75, 3.05) is 26.1 Å². The Hall–Kier alpha value is -1.55. The second kappa shape index (κ2) is 4.14. The van der Waals surface area contributed by atoms with Crippen LogP contribution in [0.3, 0.4) is 0 Å². The number of fused-ring (bicyclic) bond motifs is 1. The summed E-state index contributed by atoms with van der Waals surface area (Å²) in [5.74, 6) is 1.35. The number of aromatic nitrogens is 2. The van der Waals surface area contributed by atoms with Crippen LogP contribution in [0.1, 0.15) is 0 Å². The fourth-order valence-corrected chi connectivity index (χ4v) is 1.62. The molecular weight excluding hydrogens is 226 g/mol. The fraction of sp³-hybridized carbons (Fsp3) is 0.273. The molecule has 0 saturated heterocycles. The number of hydrogen-bond acceptors (Lipinski definition) is 4. The highest BCUT2D eigenvalue weighted by Crippen LogP contribution is 2.26. The molecule has 0 amide bonds. The molecule has 4 nitrogen and oxygen atoms in total. The molecule has 1 heterocycles. The van der Waals surface area contributed by atoms with Crippen LogP contribution in [0.25, 0.3) is 10.9 Å². The van der Waals surface area contributed by atoms with Gasteiger partial charge in [0.25, 0.3) is 0 Å². The third-order valence-electron chi connectivity index (χ3n) is 2.25. The smallest absolute Gasteiger partial charge is 0.226 e. The van der Waals surface area contributed by atoms with E-state index in [0.29, 0.717) is 11.1 Å². The molecule has 0 bridgehead atoms. The number of ether oxygens (including phenoxy) is 1. The fourth-order valence-electron chi connectivity index (χ4n) is 1.39. The number of halogens is 1. The van der Waals surface area contributed by atoms with E-state index in [1.807, 2.05) is 37.2 Å². The van der Waals surface area contributed by atoms with Crippen LogP contribution in [0, 0.1) is 0 Å². The lowest BCUT2D eigenvalue weighted by Crippen LogP contribution is -2.12. The van der Waals surface area contributed by atoms with E-state index in [4.69, 9.17) is 16.3 Å². The molecule has 0 spiro atoms. The molecule has 0 N–H and O–H groups in total. The van der Waals surface area contributed by atoms with Crippen molar-refractivity contribution in [1.82, 2.24) is 9.97 Å². The first kappa shape index (κ1) is 11.0. The van der Waals surface area contributed by atoms with Crippen molar-refractivity contribution in [3.05, 3.63) is 23.4 Å². The molecule has 2 rings (SSSR count). The van der Waals surface area contributed by atoms with Crippen LogP contribution in [0.15, 0.2) is 18.2 Å². The quantitative estimate of drug-likeness (QED) is 0.752. The summed E-state index contributed by atoms with van der Waals surface area (Å²) in [5, 5.41) is 1.28. The Morgan fingerprint density at radius 3 is 2.62 bits per heavy atom. The highest BCUT2D eigenvalue weighted by atomic mass is 35.5. The minimum atomic E-state index is 0.455. The van der Waals surface area contributed by atoms with Crippen molar-refractivity contribution in [3.8, 4) is 5.75 Å². The zero-order valence-electron chi connectivity index (χ0n) is 9.36. The molecule has 1 aromatic heterocycles. The Bertz CT molecular complexity index is 528. The topological polar surface area (TPSA) is 38.2 Å². The minimum absolute atomic E-state index is 0.455. The van der Waals surface area contributed by atoms with E-state index in [9.17, 15) is 0 Å². The molecule has 16 heavy (non-hydrogen) atoms. The molecule has 0 unspecified atom stereocenters. The van der Waals surface area contributed by atoms with Gasteiger partial charge in [-0.05, 0) is 12.1 Å². The zero-order valence-corrected chi connectivity index (χ0v) is 10.1. The van der Waals surface area contributed by atoms with E-state index in [1.165, 1.54) is 0 Å². The molecule has 2 aromatic rings. The molecule has 5 heteroatoms. The van der Waals surface area contributed by atoms with Crippen LogP contribution in [-0.4, -0.2) is 31.2 Å². The van der Waals surface area contributed by atoms with Gasteiger partial charge in [-0.3, -0.25) is 0 Å². The summed E-state index contributed by atoms with van der Waals surface area (Å²) < 4.78 is 5.15. The Balaban J connectivity index is 2.68. The first-order valence-electron chi connectivity index (χ1n) is 4.80. The second-order valence-electron chi connectivity index (χ2n) is 3.59. The Morgan fingerprint density at radius 2 is 2.00 bits per heavy atom. The highest BCUT2D eigenvalue weighted by molar-refractivity contribution is 6.34. The van der Waals surface area contributed by atoms with E-state index in [2.05, 4.69) is 9.97 Å². The monoisotopic (exact) mass is 237 g/mol. The zero-order chi connectivity index (χ0) is 11.7. The van der Waals surface area contributed by atoms with Gasteiger partial charge in [-0.2, -0.15) is 0 Å². The summed E-state index contributed by atoms with van der Waals surface area (Å²) in [5.41, 5.74) is 0.781. The maximum absolute atomic E-state index is 6.08. The van der Waals surface area contributed by atoms with Crippen molar-refractivity contribution in [1.29, 1.82) is 0 Å². The van der Waals surface area contributed by atoms with Crippen molar-refractivity contribution >= 4 is 28.5 Å². The lowest BCUT2D eigenvalue weighted by atomic mass is 10.2. The van der Waals surface area contributed by atoms with Crippen molar-refractivity contribution < 1.29 is 4.74 Å². The minimum Gasteiger partial charge on any atom is -0.497 e. The largest absolute Gasteiger partial charge is 0.497 e. The molecule has 0 aliphatic rings. The van der Waals surface area contributed by atoms with E-state index < -0.39 is 0 Å². The highest BCUT2D eigenvalue weighted by Gasteiger charge is 2.07. The average molecular weight is 238 g/mol. The molecule has 84 valence electrons. The van der Waals surface area contributed by atoms with Gasteiger partial charge >= 0.3 is 0 Å². The molecule has 0 atom stereocenters. The van der Waals surface area contributed by atoms with Gasteiger partial charge < -0.3 is 9.64 Å². The molecular formula is C11H12ClN3O. The number of benzene rings is 1. The van der Waals surface area contributed by atoms with E-state index >= 15 is 0 Å². The van der Waals surface area contributed by atoms with E-state index in [-0.39, 0.29) is 0 Å². The summed E-state index contributed by atoms with van der Waals surface area (Å²) in [6.07, 6.45) is 0. The third-order valence-corrected chi connectivity index (χ3v) is 2.53. The number of anilines is 1. The average Bonchev–Trinajstić information content (AvgIpc) is 2.28. The normalized spacial score (nSPS) is 10.5. The Kier molecular flexibility index (Phi) is 2.83. The van der Waals surface area contributed by atoms with Crippen molar-refractivity contribution in [2.45, 2.75) is 0 Å². The summed E-state index contributed by atoms with van der Waals surface area (Å²) in [6, 6.07) is 5.54. The SMILES string of the molecule is COc1ccc2c(Cl)nc(N(C)C)nc2c1. The van der Waals surface area contributed by atoms with Gasteiger partial charge in [0, 0.05) is 25.5 Å². The first-order chi connectivity index (χ1) is 7.61. The molecule has 0 radical (unpaired) electrons. The molecule has 0 aliphatic heterocycles. The Labute approximate surface area is 98.8 Å². The number of methoxy groups -OCH3 is 1. The molecule has 0 aliphatic carbocycles.